The summed E-state index contributed by atoms with van der Waals surface area (Å²) in [5.74, 6) is 0.565. The first-order valence-corrected chi connectivity index (χ1v) is 8.36. The summed E-state index contributed by atoms with van der Waals surface area (Å²) >= 11 is 0. The number of pyridine rings is 1. The Morgan fingerprint density at radius 1 is 1.32 bits per heavy atom. The number of hydrogen-bond donors (Lipinski definition) is 1. The van der Waals surface area contributed by atoms with Gasteiger partial charge in [-0.15, -0.1) is 0 Å². The van der Waals surface area contributed by atoms with Gasteiger partial charge in [0.15, 0.2) is 0 Å². The lowest BCUT2D eigenvalue weighted by Crippen LogP contribution is -2.10. The molecule has 0 aliphatic rings. The number of nitriles is 1. The fraction of sp³-hybridized carbons (Fsp3) is 0.250. The first-order valence-electron chi connectivity index (χ1n) is 6.81. The van der Waals surface area contributed by atoms with Crippen LogP contribution in [0, 0.1) is 11.3 Å². The number of ether oxygens (including phenoxy) is 1. The molecule has 1 heterocycles. The Kier molecular flexibility index (Phi) is 5.12. The molecule has 1 N–H and O–H groups in total. The van der Waals surface area contributed by atoms with E-state index in [0.717, 1.165) is 6.42 Å². The highest BCUT2D eigenvalue weighted by Crippen LogP contribution is 2.30. The molecule has 0 spiro atoms. The maximum Gasteiger partial charge on any atom is 0.266 e. The Morgan fingerprint density at radius 3 is 2.68 bits per heavy atom. The van der Waals surface area contributed by atoms with Gasteiger partial charge in [0, 0.05) is 27.5 Å². The minimum absolute atomic E-state index is 0.0612. The normalized spacial score (nSPS) is 11.7. The van der Waals surface area contributed by atoms with Gasteiger partial charge in [0.2, 0.25) is 0 Å². The van der Waals surface area contributed by atoms with Crippen LogP contribution in [-0.4, -0.2) is 22.1 Å². The summed E-state index contributed by atoms with van der Waals surface area (Å²) < 4.78 is 17.3. The van der Waals surface area contributed by atoms with Crippen LogP contribution in [0.2, 0.25) is 0 Å². The highest BCUT2D eigenvalue weighted by molar-refractivity contribution is 7.84. The molecule has 1 atom stereocenters. The standard InChI is InChI=1S/C16H16N2O3S/c1-3-8-21-15-9-12(22(2)20)5-6-13(15)14-7-4-11(10-17)16(19)18-14/h4-7,9H,3,8H2,1-2H3,(H,18,19). The number of rotatable bonds is 5. The summed E-state index contributed by atoms with van der Waals surface area (Å²) in [6.45, 7) is 2.51. The second-order valence-corrected chi connectivity index (χ2v) is 6.07. The van der Waals surface area contributed by atoms with E-state index in [0.29, 0.717) is 28.5 Å². The van der Waals surface area contributed by atoms with Gasteiger partial charge in [-0.2, -0.15) is 5.26 Å². The van der Waals surface area contributed by atoms with Gasteiger partial charge in [-0.3, -0.25) is 9.00 Å². The van der Waals surface area contributed by atoms with Gasteiger partial charge < -0.3 is 9.72 Å². The van der Waals surface area contributed by atoms with Gasteiger partial charge in [0.1, 0.15) is 17.4 Å². The minimum atomic E-state index is -1.11. The van der Waals surface area contributed by atoms with Crippen LogP contribution in [0.1, 0.15) is 18.9 Å². The minimum Gasteiger partial charge on any atom is -0.493 e. The average molecular weight is 316 g/mol. The Labute approximate surface area is 131 Å². The van der Waals surface area contributed by atoms with E-state index >= 15 is 0 Å². The van der Waals surface area contributed by atoms with Crippen LogP contribution in [0.4, 0.5) is 0 Å². The summed E-state index contributed by atoms with van der Waals surface area (Å²) in [4.78, 5) is 15.1. The molecule has 0 aliphatic heterocycles. The zero-order chi connectivity index (χ0) is 16.1. The molecule has 0 saturated heterocycles. The lowest BCUT2D eigenvalue weighted by atomic mass is 10.1. The van der Waals surface area contributed by atoms with Crippen LogP contribution in [0.3, 0.4) is 0 Å². The maximum absolute atomic E-state index is 11.8. The van der Waals surface area contributed by atoms with Crippen molar-refractivity contribution in [3.05, 3.63) is 46.2 Å². The third-order valence-corrected chi connectivity index (χ3v) is 3.98. The molecule has 0 bridgehead atoms. The number of benzene rings is 1. The maximum atomic E-state index is 11.8. The number of H-pyrrole nitrogens is 1. The molecule has 0 amide bonds. The van der Waals surface area contributed by atoms with Crippen LogP contribution in [-0.2, 0) is 10.8 Å². The molecule has 0 saturated carbocycles. The van der Waals surface area contributed by atoms with Gasteiger partial charge in [0.25, 0.3) is 5.56 Å². The van der Waals surface area contributed by atoms with Gasteiger partial charge >= 0.3 is 0 Å². The van der Waals surface area contributed by atoms with Crippen molar-refractivity contribution in [2.24, 2.45) is 0 Å². The highest BCUT2D eigenvalue weighted by atomic mass is 32.2. The smallest absolute Gasteiger partial charge is 0.266 e. The predicted molar refractivity (Wildman–Crippen MR) is 85.3 cm³/mol. The van der Waals surface area contributed by atoms with Crippen molar-refractivity contribution < 1.29 is 8.95 Å². The number of nitrogens with one attached hydrogen (secondary N) is 1. The van der Waals surface area contributed by atoms with E-state index in [1.807, 2.05) is 13.0 Å². The zero-order valence-electron chi connectivity index (χ0n) is 12.4. The number of aromatic nitrogens is 1. The molecule has 0 radical (unpaired) electrons. The number of aromatic amines is 1. The molecular weight excluding hydrogens is 300 g/mol. The second-order valence-electron chi connectivity index (χ2n) is 4.69. The molecule has 2 aromatic rings. The van der Waals surface area contributed by atoms with Crippen molar-refractivity contribution in [3.8, 4) is 23.1 Å². The fourth-order valence-corrected chi connectivity index (χ4v) is 2.49. The predicted octanol–water partition coefficient (Wildman–Crippen LogP) is 2.44. The number of nitrogens with zero attached hydrogens (tertiary/aromatic N) is 1. The SMILES string of the molecule is CCCOc1cc(S(C)=O)ccc1-c1ccc(C#N)c(=O)[nH]1. The lowest BCUT2D eigenvalue weighted by molar-refractivity contribution is 0.318. The van der Waals surface area contributed by atoms with Crippen LogP contribution < -0.4 is 10.3 Å². The molecular formula is C16H16N2O3S. The molecule has 0 aliphatic carbocycles. The molecule has 1 unspecified atom stereocenters. The van der Waals surface area contributed by atoms with Gasteiger partial charge in [-0.05, 0) is 36.8 Å². The van der Waals surface area contributed by atoms with Crippen molar-refractivity contribution in [2.75, 3.05) is 12.9 Å². The zero-order valence-corrected chi connectivity index (χ0v) is 13.2. The van der Waals surface area contributed by atoms with Crippen molar-refractivity contribution in [1.29, 1.82) is 5.26 Å². The van der Waals surface area contributed by atoms with E-state index in [2.05, 4.69) is 4.98 Å². The molecule has 5 nitrogen and oxygen atoms in total. The van der Waals surface area contributed by atoms with E-state index in [9.17, 15) is 9.00 Å². The fourth-order valence-electron chi connectivity index (χ4n) is 1.95. The second kappa shape index (κ2) is 7.05. The van der Waals surface area contributed by atoms with Gasteiger partial charge in [0.05, 0.1) is 12.3 Å². The number of hydrogen-bond acceptors (Lipinski definition) is 4. The summed E-state index contributed by atoms with van der Waals surface area (Å²) in [5, 5.41) is 8.82. The first kappa shape index (κ1) is 16.0. The lowest BCUT2D eigenvalue weighted by Gasteiger charge is -2.12. The average Bonchev–Trinajstić information content (AvgIpc) is 2.52. The molecule has 114 valence electrons. The van der Waals surface area contributed by atoms with Crippen LogP contribution in [0.5, 0.6) is 5.75 Å². The van der Waals surface area contributed by atoms with E-state index < -0.39 is 16.4 Å². The van der Waals surface area contributed by atoms with E-state index in [-0.39, 0.29) is 5.56 Å². The van der Waals surface area contributed by atoms with Gasteiger partial charge in [-0.1, -0.05) is 6.92 Å². The third kappa shape index (κ3) is 3.43. The molecule has 2 rings (SSSR count). The van der Waals surface area contributed by atoms with Gasteiger partial charge in [-0.25, -0.2) is 0 Å². The third-order valence-electron chi connectivity index (χ3n) is 3.07. The summed E-state index contributed by atoms with van der Waals surface area (Å²) in [5.41, 5.74) is 0.878. The Balaban J connectivity index is 2.53. The molecule has 0 fully saturated rings. The summed E-state index contributed by atoms with van der Waals surface area (Å²) in [6.07, 6.45) is 2.44. The van der Waals surface area contributed by atoms with Crippen LogP contribution >= 0.6 is 0 Å². The topological polar surface area (TPSA) is 82.9 Å². The van der Waals surface area contributed by atoms with Crippen LogP contribution in [0.25, 0.3) is 11.3 Å². The largest absolute Gasteiger partial charge is 0.493 e. The quantitative estimate of drug-likeness (QED) is 0.918. The van der Waals surface area contributed by atoms with E-state index in [4.69, 9.17) is 10.00 Å². The van der Waals surface area contributed by atoms with Crippen molar-refractivity contribution in [2.45, 2.75) is 18.2 Å². The summed E-state index contributed by atoms with van der Waals surface area (Å²) in [6, 6.07) is 10.2. The van der Waals surface area contributed by atoms with Crippen molar-refractivity contribution >= 4 is 10.8 Å². The van der Waals surface area contributed by atoms with Crippen molar-refractivity contribution in [1.82, 2.24) is 4.98 Å². The molecule has 1 aromatic heterocycles. The molecule has 6 heteroatoms. The summed E-state index contributed by atoms with van der Waals surface area (Å²) in [7, 11) is -1.11. The molecule has 1 aromatic carbocycles. The Hall–Kier alpha value is -2.39. The monoisotopic (exact) mass is 316 g/mol. The molecule has 22 heavy (non-hydrogen) atoms. The van der Waals surface area contributed by atoms with Crippen molar-refractivity contribution in [3.63, 3.8) is 0 Å². The van der Waals surface area contributed by atoms with Crippen LogP contribution in [0.15, 0.2) is 40.0 Å². The highest BCUT2D eigenvalue weighted by Gasteiger charge is 2.11. The Morgan fingerprint density at radius 2 is 2.09 bits per heavy atom. The Bertz CT molecular complexity index is 806. The van der Waals surface area contributed by atoms with E-state index in [1.165, 1.54) is 6.07 Å². The van der Waals surface area contributed by atoms with E-state index in [1.54, 1.807) is 30.5 Å². The first-order chi connectivity index (χ1) is 10.6.